The molecule has 0 aliphatic carbocycles. The fraction of sp³-hybridized carbons (Fsp3) is 0.286. The molecule has 0 aromatic heterocycles. The minimum absolute atomic E-state index is 0.0434. The molecule has 0 saturated heterocycles. The summed E-state index contributed by atoms with van der Waals surface area (Å²) in [5.41, 5.74) is 6.91. The highest BCUT2D eigenvalue weighted by atomic mass is 35.5. The first-order chi connectivity index (χ1) is 19.6. The first-order valence-corrected chi connectivity index (χ1v) is 14.5. The molecule has 2 atom stereocenters. The number of halogens is 1. The van der Waals surface area contributed by atoms with Gasteiger partial charge in [0.1, 0.15) is 29.9 Å². The number of aryl methyl sites for hydroxylation is 1. The molecule has 3 aromatic carbocycles. The summed E-state index contributed by atoms with van der Waals surface area (Å²) < 4.78 is 38.0. The molecule has 0 spiro atoms. The summed E-state index contributed by atoms with van der Waals surface area (Å²) in [4.78, 5) is 32.3. The first-order valence-electron chi connectivity index (χ1n) is 12.6. The van der Waals surface area contributed by atoms with E-state index in [1.165, 1.54) is 0 Å². The number of hydrogen-bond donors (Lipinski definition) is 3. The third-order valence-electron chi connectivity index (χ3n) is 5.47. The van der Waals surface area contributed by atoms with Gasteiger partial charge in [-0.15, -0.1) is 0 Å². The van der Waals surface area contributed by atoms with E-state index in [-0.39, 0.29) is 32.7 Å². The third kappa shape index (κ3) is 11.5. The summed E-state index contributed by atoms with van der Waals surface area (Å²) in [6, 6.07) is 20.6. The highest BCUT2D eigenvalue weighted by Gasteiger charge is 2.24. The number of benzene rings is 3. The minimum Gasteiger partial charge on any atom is -0.489 e. The van der Waals surface area contributed by atoms with Crippen molar-refractivity contribution in [2.45, 2.75) is 31.9 Å². The van der Waals surface area contributed by atoms with Crippen LogP contribution in [-0.4, -0.2) is 47.8 Å². The van der Waals surface area contributed by atoms with Crippen LogP contribution >= 0.6 is 19.4 Å². The molecular weight excluding hydrogens is 577 g/mol. The van der Waals surface area contributed by atoms with Crippen molar-refractivity contribution >= 4 is 31.4 Å². The van der Waals surface area contributed by atoms with Crippen molar-refractivity contribution in [2.75, 3.05) is 19.8 Å². The molecule has 220 valence electrons. The molecule has 3 rings (SSSR count). The number of aliphatic carboxylic acids is 1. The van der Waals surface area contributed by atoms with Gasteiger partial charge < -0.3 is 29.9 Å². The molecule has 0 heterocycles. The number of nitrogens with two attached hydrogens (primary N) is 1. The second kappa shape index (κ2) is 16.1. The SMILES string of the molecule is N[C@@H](COP(=O)(O)OCCCOC(=O)CCc1ccccc1OCc1cccc(Oc2ccccc2Cl)c1)C(=O)O. The molecular formula is C28H31ClNO10P. The monoisotopic (exact) mass is 607 g/mol. The predicted molar refractivity (Wildman–Crippen MR) is 150 cm³/mol. The number of carboxylic acids is 1. The third-order valence-corrected chi connectivity index (χ3v) is 6.77. The van der Waals surface area contributed by atoms with Crippen molar-refractivity contribution in [1.29, 1.82) is 0 Å². The van der Waals surface area contributed by atoms with E-state index in [1.807, 2.05) is 60.7 Å². The summed E-state index contributed by atoms with van der Waals surface area (Å²) >= 11 is 6.18. The molecule has 4 N–H and O–H groups in total. The molecule has 0 aliphatic heterocycles. The van der Waals surface area contributed by atoms with Crippen LogP contribution in [0.5, 0.6) is 17.2 Å². The van der Waals surface area contributed by atoms with Crippen LogP contribution in [0, 0.1) is 0 Å². The van der Waals surface area contributed by atoms with Gasteiger partial charge in [-0.3, -0.25) is 18.6 Å². The quantitative estimate of drug-likeness (QED) is 0.106. The van der Waals surface area contributed by atoms with Crippen LogP contribution in [0.1, 0.15) is 24.0 Å². The number of rotatable bonds is 17. The van der Waals surface area contributed by atoms with Gasteiger partial charge in [0.05, 0.1) is 24.8 Å². The molecule has 0 amide bonds. The van der Waals surface area contributed by atoms with Gasteiger partial charge in [-0.25, -0.2) is 4.57 Å². The van der Waals surface area contributed by atoms with Crippen LogP contribution in [0.3, 0.4) is 0 Å². The van der Waals surface area contributed by atoms with E-state index in [0.29, 0.717) is 28.7 Å². The van der Waals surface area contributed by atoms with Gasteiger partial charge in [0.2, 0.25) is 0 Å². The van der Waals surface area contributed by atoms with Gasteiger partial charge in [-0.05, 0) is 47.9 Å². The average Bonchev–Trinajstić information content (AvgIpc) is 2.95. The lowest BCUT2D eigenvalue weighted by molar-refractivity contribution is -0.143. The molecule has 13 heteroatoms. The van der Waals surface area contributed by atoms with Gasteiger partial charge in [0, 0.05) is 12.8 Å². The van der Waals surface area contributed by atoms with Crippen LogP contribution in [0.4, 0.5) is 0 Å². The van der Waals surface area contributed by atoms with Crippen LogP contribution in [0.2, 0.25) is 5.02 Å². The van der Waals surface area contributed by atoms with E-state index in [9.17, 15) is 19.0 Å². The normalized spacial score (nSPS) is 13.1. The zero-order valence-electron chi connectivity index (χ0n) is 22.0. The van der Waals surface area contributed by atoms with E-state index in [2.05, 4.69) is 4.52 Å². The number of phosphoric acid groups is 1. The van der Waals surface area contributed by atoms with Crippen molar-refractivity contribution in [1.82, 2.24) is 0 Å². The van der Waals surface area contributed by atoms with E-state index in [0.717, 1.165) is 11.1 Å². The Morgan fingerprint density at radius 3 is 2.44 bits per heavy atom. The number of esters is 1. The van der Waals surface area contributed by atoms with Crippen molar-refractivity contribution in [3.63, 3.8) is 0 Å². The maximum atomic E-state index is 12.2. The van der Waals surface area contributed by atoms with E-state index in [1.54, 1.807) is 12.1 Å². The number of carbonyl (C=O) groups is 2. The fourth-order valence-electron chi connectivity index (χ4n) is 3.38. The molecule has 11 nitrogen and oxygen atoms in total. The molecule has 3 aromatic rings. The zero-order chi connectivity index (χ0) is 29.7. The summed E-state index contributed by atoms with van der Waals surface area (Å²) in [6.45, 7) is -0.696. The molecule has 0 aliphatic rings. The van der Waals surface area contributed by atoms with Crippen LogP contribution in [-0.2, 0) is 41.0 Å². The van der Waals surface area contributed by atoms with E-state index >= 15 is 0 Å². The highest BCUT2D eigenvalue weighted by Crippen LogP contribution is 2.43. The Balaban J connectivity index is 1.40. The molecule has 0 radical (unpaired) electrons. The van der Waals surface area contributed by atoms with Crippen molar-refractivity contribution in [3.05, 3.63) is 88.9 Å². The Labute approximate surface area is 242 Å². The number of hydrogen-bond acceptors (Lipinski definition) is 9. The number of para-hydroxylation sites is 2. The number of carbonyl (C=O) groups excluding carboxylic acids is 1. The second-order valence-electron chi connectivity index (χ2n) is 8.69. The van der Waals surface area contributed by atoms with Gasteiger partial charge in [-0.1, -0.05) is 54.1 Å². The number of ether oxygens (including phenoxy) is 3. The summed E-state index contributed by atoms with van der Waals surface area (Å²) in [7, 11) is -4.47. The maximum Gasteiger partial charge on any atom is 0.472 e. The molecule has 0 bridgehead atoms. The standard InChI is InChI=1S/C28H31ClNO10P/c29-23-10-2-4-12-26(23)40-22-9-5-7-20(17-22)18-37-25-11-3-1-8-21(25)13-14-27(31)36-15-6-16-38-41(34,35)39-19-24(30)28(32)33/h1-5,7-12,17,24H,6,13-16,18-19,30H2,(H,32,33)(H,34,35)/t24-/m0/s1. The van der Waals surface area contributed by atoms with Crippen molar-refractivity contribution < 1.29 is 47.4 Å². The largest absolute Gasteiger partial charge is 0.489 e. The molecule has 41 heavy (non-hydrogen) atoms. The van der Waals surface area contributed by atoms with Gasteiger partial charge in [-0.2, -0.15) is 0 Å². The van der Waals surface area contributed by atoms with Crippen LogP contribution < -0.4 is 15.2 Å². The van der Waals surface area contributed by atoms with Crippen LogP contribution in [0.25, 0.3) is 0 Å². The second-order valence-corrected chi connectivity index (χ2v) is 10.6. The van der Waals surface area contributed by atoms with Gasteiger partial charge in [0.25, 0.3) is 0 Å². The highest BCUT2D eigenvalue weighted by molar-refractivity contribution is 7.47. The van der Waals surface area contributed by atoms with E-state index in [4.69, 9.17) is 41.2 Å². The Morgan fingerprint density at radius 1 is 0.951 bits per heavy atom. The Hall–Kier alpha value is -3.44. The lowest BCUT2D eigenvalue weighted by Crippen LogP contribution is -2.34. The lowest BCUT2D eigenvalue weighted by atomic mass is 10.1. The Morgan fingerprint density at radius 2 is 1.68 bits per heavy atom. The van der Waals surface area contributed by atoms with E-state index < -0.39 is 32.4 Å². The summed E-state index contributed by atoms with van der Waals surface area (Å²) in [5, 5.41) is 9.17. The Bertz CT molecular complexity index is 1350. The number of phosphoric ester groups is 1. The maximum absolute atomic E-state index is 12.2. The lowest BCUT2D eigenvalue weighted by Gasteiger charge is -2.14. The summed E-state index contributed by atoms with van der Waals surface area (Å²) in [6.07, 6.45) is 0.603. The predicted octanol–water partition coefficient (Wildman–Crippen LogP) is 5.12. The molecule has 0 fully saturated rings. The summed E-state index contributed by atoms with van der Waals surface area (Å²) in [5.74, 6) is -0.0286. The van der Waals surface area contributed by atoms with Crippen LogP contribution in [0.15, 0.2) is 72.8 Å². The fourth-order valence-corrected chi connectivity index (χ4v) is 4.34. The van der Waals surface area contributed by atoms with Gasteiger partial charge in [0.15, 0.2) is 0 Å². The van der Waals surface area contributed by atoms with Crippen molar-refractivity contribution in [2.24, 2.45) is 5.73 Å². The topological polar surface area (TPSA) is 164 Å². The zero-order valence-corrected chi connectivity index (χ0v) is 23.7. The number of carboxylic acid groups (broad SMARTS) is 1. The van der Waals surface area contributed by atoms with Gasteiger partial charge >= 0.3 is 19.8 Å². The smallest absolute Gasteiger partial charge is 0.472 e. The Kier molecular flexibility index (Phi) is 12.6. The first kappa shape index (κ1) is 32.1. The average molecular weight is 608 g/mol. The van der Waals surface area contributed by atoms with Crippen molar-refractivity contribution in [3.8, 4) is 17.2 Å². The molecule has 0 saturated carbocycles. The minimum atomic E-state index is -4.47. The molecule has 1 unspecified atom stereocenters.